The fourth-order valence-electron chi connectivity index (χ4n) is 3.29. The predicted octanol–water partition coefficient (Wildman–Crippen LogP) is 3.44. The number of Topliss-reactive ketones (excluding diaryl/α,β-unsaturated/α-hetero) is 1. The Hall–Kier alpha value is -1.99. The van der Waals surface area contributed by atoms with Crippen molar-refractivity contribution in [2.24, 2.45) is 5.92 Å². The molecule has 1 aromatic heterocycles. The number of ether oxygens (including phenoxy) is 1. The monoisotopic (exact) mass is 375 g/mol. The second-order valence-corrected chi connectivity index (χ2v) is 7.13. The van der Waals surface area contributed by atoms with Crippen molar-refractivity contribution in [2.45, 2.75) is 24.5 Å². The molecule has 7 heteroatoms. The van der Waals surface area contributed by atoms with Gasteiger partial charge in [0.1, 0.15) is 11.6 Å². The van der Waals surface area contributed by atoms with E-state index in [9.17, 15) is 9.18 Å². The molecule has 0 bridgehead atoms. The Labute approximate surface area is 157 Å². The number of benzene rings is 1. The SMILES string of the molecule is COc1ccc(F)cc1C(=O)C1CCCN(Cc2cnc(SC)nc2)C1. The van der Waals surface area contributed by atoms with Gasteiger partial charge in [-0.05, 0) is 43.8 Å². The van der Waals surface area contributed by atoms with E-state index in [0.29, 0.717) is 24.4 Å². The average Bonchev–Trinajstić information content (AvgIpc) is 2.68. The highest BCUT2D eigenvalue weighted by Gasteiger charge is 2.28. The number of aromatic nitrogens is 2. The third-order valence-corrected chi connectivity index (χ3v) is 5.15. The molecule has 5 nitrogen and oxygen atoms in total. The van der Waals surface area contributed by atoms with Gasteiger partial charge in [-0.2, -0.15) is 0 Å². The fourth-order valence-corrected chi connectivity index (χ4v) is 3.61. The lowest BCUT2D eigenvalue weighted by molar-refractivity contribution is 0.0808. The number of piperidine rings is 1. The zero-order valence-corrected chi connectivity index (χ0v) is 15.8. The van der Waals surface area contributed by atoms with Crippen molar-refractivity contribution in [3.05, 3.63) is 47.5 Å². The molecular formula is C19H22FN3O2S. The number of halogens is 1. The molecule has 1 aromatic carbocycles. The molecule has 1 unspecified atom stereocenters. The van der Waals surface area contributed by atoms with Crippen molar-refractivity contribution < 1.29 is 13.9 Å². The van der Waals surface area contributed by atoms with Crippen molar-refractivity contribution in [3.8, 4) is 5.75 Å². The lowest BCUT2D eigenvalue weighted by Gasteiger charge is -2.32. The van der Waals surface area contributed by atoms with E-state index < -0.39 is 5.82 Å². The summed E-state index contributed by atoms with van der Waals surface area (Å²) in [5.41, 5.74) is 1.35. The summed E-state index contributed by atoms with van der Waals surface area (Å²) in [7, 11) is 1.50. The van der Waals surface area contributed by atoms with Gasteiger partial charge in [-0.1, -0.05) is 11.8 Å². The first kappa shape index (κ1) is 18.8. The summed E-state index contributed by atoms with van der Waals surface area (Å²) in [4.78, 5) is 23.7. The van der Waals surface area contributed by atoms with Gasteiger partial charge in [0, 0.05) is 37.0 Å². The van der Waals surface area contributed by atoms with Gasteiger partial charge in [0.2, 0.25) is 0 Å². The highest BCUT2D eigenvalue weighted by Crippen LogP contribution is 2.27. The van der Waals surface area contributed by atoms with E-state index >= 15 is 0 Å². The molecule has 0 spiro atoms. The first-order chi connectivity index (χ1) is 12.6. The molecule has 2 aromatic rings. The molecule has 26 heavy (non-hydrogen) atoms. The standard InChI is InChI=1S/C19H22FN3O2S/c1-25-17-6-5-15(20)8-16(17)18(24)14-4-3-7-23(12-14)11-13-9-21-19(26-2)22-10-13/h5-6,8-10,14H,3-4,7,11-12H2,1-2H3. The molecule has 138 valence electrons. The lowest BCUT2D eigenvalue weighted by Crippen LogP contribution is -2.38. The van der Waals surface area contributed by atoms with Crippen molar-refractivity contribution in [1.29, 1.82) is 0 Å². The Morgan fingerprint density at radius 3 is 2.85 bits per heavy atom. The molecule has 3 rings (SSSR count). The van der Waals surface area contributed by atoms with Crippen molar-refractivity contribution in [2.75, 3.05) is 26.5 Å². The van der Waals surface area contributed by atoms with E-state index in [1.807, 2.05) is 18.6 Å². The maximum absolute atomic E-state index is 13.6. The third-order valence-electron chi connectivity index (χ3n) is 4.57. The number of thioether (sulfide) groups is 1. The highest BCUT2D eigenvalue weighted by molar-refractivity contribution is 7.98. The maximum Gasteiger partial charge on any atom is 0.187 e. The first-order valence-electron chi connectivity index (χ1n) is 8.55. The van der Waals surface area contributed by atoms with Gasteiger partial charge in [-0.25, -0.2) is 14.4 Å². The van der Waals surface area contributed by atoms with Crippen LogP contribution in [0.3, 0.4) is 0 Å². The number of nitrogens with zero attached hydrogens (tertiary/aromatic N) is 3. The third kappa shape index (κ3) is 4.40. The molecule has 0 amide bonds. The number of carbonyl (C=O) groups is 1. The maximum atomic E-state index is 13.6. The molecule has 1 aliphatic rings. The van der Waals surface area contributed by atoms with Crippen LogP contribution in [-0.4, -0.2) is 47.1 Å². The van der Waals surface area contributed by atoms with Crippen molar-refractivity contribution >= 4 is 17.5 Å². The molecule has 0 radical (unpaired) electrons. The summed E-state index contributed by atoms with van der Waals surface area (Å²) in [5.74, 6) is -0.215. The Balaban J connectivity index is 1.69. The van der Waals surface area contributed by atoms with E-state index in [1.165, 1.54) is 37.1 Å². The van der Waals surface area contributed by atoms with Crippen LogP contribution in [0.25, 0.3) is 0 Å². The second-order valence-electron chi connectivity index (χ2n) is 6.36. The summed E-state index contributed by atoms with van der Waals surface area (Å²) >= 11 is 1.51. The van der Waals surface area contributed by atoms with Crippen LogP contribution in [0.1, 0.15) is 28.8 Å². The summed E-state index contributed by atoms with van der Waals surface area (Å²) < 4.78 is 18.8. The minimum Gasteiger partial charge on any atom is -0.496 e. The molecular weight excluding hydrogens is 353 g/mol. The smallest absolute Gasteiger partial charge is 0.187 e. The normalized spacial score (nSPS) is 17.9. The van der Waals surface area contributed by atoms with E-state index in [1.54, 1.807) is 0 Å². The minimum absolute atomic E-state index is 0.0555. The number of likely N-dealkylation sites (tertiary alicyclic amines) is 1. The summed E-state index contributed by atoms with van der Waals surface area (Å²) in [5, 5.41) is 0.749. The average molecular weight is 375 g/mol. The molecule has 0 aliphatic carbocycles. The van der Waals surface area contributed by atoms with E-state index in [-0.39, 0.29) is 11.7 Å². The van der Waals surface area contributed by atoms with Crippen LogP contribution in [0.2, 0.25) is 0 Å². The second kappa shape index (κ2) is 8.60. The van der Waals surface area contributed by atoms with Gasteiger partial charge in [0.05, 0.1) is 12.7 Å². The van der Waals surface area contributed by atoms with Gasteiger partial charge in [0.15, 0.2) is 10.9 Å². The van der Waals surface area contributed by atoms with E-state index in [2.05, 4.69) is 14.9 Å². The van der Waals surface area contributed by atoms with E-state index in [0.717, 1.165) is 30.1 Å². The minimum atomic E-state index is -0.423. The van der Waals surface area contributed by atoms with Crippen molar-refractivity contribution in [1.82, 2.24) is 14.9 Å². The Morgan fingerprint density at radius 2 is 2.15 bits per heavy atom. The van der Waals surface area contributed by atoms with Crippen LogP contribution in [0.4, 0.5) is 4.39 Å². The van der Waals surface area contributed by atoms with E-state index in [4.69, 9.17) is 4.74 Å². The van der Waals surface area contributed by atoms with Crippen LogP contribution >= 0.6 is 11.8 Å². The molecule has 1 atom stereocenters. The van der Waals surface area contributed by atoms with Crippen molar-refractivity contribution in [3.63, 3.8) is 0 Å². The van der Waals surface area contributed by atoms with Gasteiger partial charge >= 0.3 is 0 Å². The molecule has 1 aliphatic heterocycles. The number of hydrogen-bond donors (Lipinski definition) is 0. The summed E-state index contributed by atoms with van der Waals surface area (Å²) in [6.45, 7) is 2.27. The number of carbonyl (C=O) groups excluding carboxylic acids is 1. The van der Waals surface area contributed by atoms with Gasteiger partial charge in [-0.15, -0.1) is 0 Å². The lowest BCUT2D eigenvalue weighted by atomic mass is 9.89. The quantitative estimate of drug-likeness (QED) is 0.438. The van der Waals surface area contributed by atoms with Gasteiger partial charge < -0.3 is 4.74 Å². The Morgan fingerprint density at radius 1 is 1.38 bits per heavy atom. The largest absolute Gasteiger partial charge is 0.496 e. The van der Waals surface area contributed by atoms with Crippen LogP contribution in [0.5, 0.6) is 5.75 Å². The summed E-state index contributed by atoms with van der Waals surface area (Å²) in [6, 6.07) is 4.09. The zero-order valence-electron chi connectivity index (χ0n) is 14.9. The predicted molar refractivity (Wildman–Crippen MR) is 99.1 cm³/mol. The first-order valence-corrected chi connectivity index (χ1v) is 9.78. The van der Waals surface area contributed by atoms with Gasteiger partial charge in [-0.3, -0.25) is 9.69 Å². The van der Waals surface area contributed by atoms with Crippen LogP contribution in [0, 0.1) is 11.7 Å². The Bertz CT molecular complexity index is 770. The molecule has 1 fully saturated rings. The Kier molecular flexibility index (Phi) is 6.21. The molecule has 2 heterocycles. The number of rotatable bonds is 6. The van der Waals surface area contributed by atoms with Crippen LogP contribution < -0.4 is 4.74 Å². The van der Waals surface area contributed by atoms with Crippen LogP contribution in [-0.2, 0) is 6.54 Å². The summed E-state index contributed by atoms with van der Waals surface area (Å²) in [6.07, 6.45) is 7.34. The van der Waals surface area contributed by atoms with Gasteiger partial charge in [0.25, 0.3) is 0 Å². The topological polar surface area (TPSA) is 55.3 Å². The molecule has 0 N–H and O–H groups in total. The fraction of sp³-hybridized carbons (Fsp3) is 0.421. The molecule has 1 saturated heterocycles. The van der Waals surface area contributed by atoms with Crippen LogP contribution in [0.15, 0.2) is 35.7 Å². The highest BCUT2D eigenvalue weighted by atomic mass is 32.2. The number of ketones is 1. The molecule has 0 saturated carbocycles. The number of methoxy groups -OCH3 is 1. The number of hydrogen-bond acceptors (Lipinski definition) is 6. The zero-order chi connectivity index (χ0) is 18.5.